The Morgan fingerprint density at radius 3 is 1.42 bits per heavy atom. The van der Waals surface area contributed by atoms with Crippen LogP contribution < -0.4 is 5.32 Å². The summed E-state index contributed by atoms with van der Waals surface area (Å²) < 4.78 is 16.4. The maximum Gasteiger partial charge on any atom is 0.222 e. The Kier molecular flexibility index (Phi) is 27.5. The highest BCUT2D eigenvalue weighted by atomic mass is 16.5. The van der Waals surface area contributed by atoms with Gasteiger partial charge in [0.25, 0.3) is 0 Å². The molecule has 0 aromatic heterocycles. The van der Waals surface area contributed by atoms with E-state index in [1.807, 2.05) is 14.1 Å². The number of nitrogens with zero attached hydrogens (tertiary/aromatic N) is 2. The number of carbonyl (C=O) groups excluding carboxylic acids is 2. The van der Waals surface area contributed by atoms with E-state index >= 15 is 0 Å². The van der Waals surface area contributed by atoms with Gasteiger partial charge in [0.15, 0.2) is 0 Å². The van der Waals surface area contributed by atoms with Gasteiger partial charge in [0.05, 0.1) is 39.6 Å². The van der Waals surface area contributed by atoms with Gasteiger partial charge in [-0.25, -0.2) is 0 Å². The molecule has 1 N–H and O–H groups in total. The van der Waals surface area contributed by atoms with Crippen molar-refractivity contribution in [3.05, 3.63) is 0 Å². The first-order chi connectivity index (χ1) is 20.6. The van der Waals surface area contributed by atoms with Gasteiger partial charge in [0, 0.05) is 46.6 Å². The molecule has 0 aliphatic heterocycles. The molecule has 0 fully saturated rings. The predicted molar refractivity (Wildman–Crippen MR) is 179 cm³/mol. The quantitative estimate of drug-likeness (QED) is 0.0943. The van der Waals surface area contributed by atoms with Crippen LogP contribution in [0, 0.1) is 23.7 Å². The van der Waals surface area contributed by atoms with Gasteiger partial charge in [0.2, 0.25) is 11.8 Å². The summed E-state index contributed by atoms with van der Waals surface area (Å²) in [7, 11) is 5.51. The van der Waals surface area contributed by atoms with Gasteiger partial charge >= 0.3 is 0 Å². The average Bonchev–Trinajstić information content (AvgIpc) is 2.96. The lowest BCUT2D eigenvalue weighted by Crippen LogP contribution is -2.33. The lowest BCUT2D eigenvalue weighted by Gasteiger charge is -2.21. The minimum absolute atomic E-state index is 0.0246. The molecule has 0 aromatic rings. The van der Waals surface area contributed by atoms with E-state index in [-0.39, 0.29) is 24.7 Å². The molecule has 256 valence electrons. The van der Waals surface area contributed by atoms with Crippen molar-refractivity contribution in [2.75, 3.05) is 80.4 Å². The number of hydrogen-bond acceptors (Lipinski definition) is 6. The molecule has 2 amide bonds. The largest absolute Gasteiger partial charge is 0.378 e. The van der Waals surface area contributed by atoms with E-state index in [9.17, 15) is 9.59 Å². The summed E-state index contributed by atoms with van der Waals surface area (Å²) in [4.78, 5) is 28.5. The Balaban J connectivity index is 3.82. The van der Waals surface area contributed by atoms with Crippen molar-refractivity contribution in [2.24, 2.45) is 23.7 Å². The molecule has 0 radical (unpaired) electrons. The van der Waals surface area contributed by atoms with Crippen LogP contribution >= 0.6 is 0 Å². The number of rotatable bonds is 30. The van der Waals surface area contributed by atoms with E-state index in [2.05, 4.69) is 39.9 Å². The minimum Gasteiger partial charge on any atom is -0.378 e. The Hall–Kier alpha value is -1.22. The van der Waals surface area contributed by atoms with Crippen LogP contribution in [0.25, 0.3) is 0 Å². The van der Waals surface area contributed by atoms with Crippen molar-refractivity contribution >= 4 is 11.8 Å². The van der Waals surface area contributed by atoms with Crippen LogP contribution in [0.4, 0.5) is 0 Å². The van der Waals surface area contributed by atoms with Crippen molar-refractivity contribution in [1.29, 1.82) is 0 Å². The van der Waals surface area contributed by atoms with E-state index < -0.39 is 0 Å². The smallest absolute Gasteiger partial charge is 0.222 e. The van der Waals surface area contributed by atoms with Crippen LogP contribution in [0.15, 0.2) is 0 Å². The van der Waals surface area contributed by atoms with Crippen LogP contribution in [-0.4, -0.2) is 102 Å². The molecule has 8 heteroatoms. The molecule has 0 saturated carbocycles. The molecule has 0 spiro atoms. The molecule has 8 nitrogen and oxygen atoms in total. The molecule has 43 heavy (non-hydrogen) atoms. The molecule has 3 atom stereocenters. The maximum atomic E-state index is 12.6. The normalized spacial score (nSPS) is 13.7. The zero-order valence-electron chi connectivity index (χ0n) is 29.6. The third-order valence-electron chi connectivity index (χ3n) is 8.44. The Morgan fingerprint density at radius 2 is 0.953 bits per heavy atom. The van der Waals surface area contributed by atoms with Crippen LogP contribution in [-0.2, 0) is 23.8 Å². The van der Waals surface area contributed by atoms with E-state index in [0.29, 0.717) is 52.1 Å². The van der Waals surface area contributed by atoms with Gasteiger partial charge in [-0.2, -0.15) is 0 Å². The highest BCUT2D eigenvalue weighted by Crippen LogP contribution is 2.22. The monoisotopic (exact) mass is 614 g/mol. The van der Waals surface area contributed by atoms with Crippen LogP contribution in [0.2, 0.25) is 0 Å². The molecule has 0 aromatic carbocycles. The fourth-order valence-electron chi connectivity index (χ4n) is 5.11. The number of ether oxygens (including phenoxy) is 3. The van der Waals surface area contributed by atoms with Crippen LogP contribution in [0.1, 0.15) is 112 Å². The lowest BCUT2D eigenvalue weighted by molar-refractivity contribution is -0.136. The Morgan fingerprint density at radius 1 is 0.558 bits per heavy atom. The molecule has 0 bridgehead atoms. The Labute approximate surface area is 266 Å². The number of nitrogens with one attached hydrogen (secondary N) is 1. The molecular formula is C35H71N3O5. The lowest BCUT2D eigenvalue weighted by atomic mass is 9.91. The van der Waals surface area contributed by atoms with Crippen LogP contribution in [0.3, 0.4) is 0 Å². The van der Waals surface area contributed by atoms with Gasteiger partial charge < -0.3 is 29.3 Å². The molecule has 0 saturated heterocycles. The van der Waals surface area contributed by atoms with Gasteiger partial charge in [0.1, 0.15) is 0 Å². The molecule has 3 unspecified atom stereocenters. The fraction of sp³-hybridized carbons (Fsp3) is 0.943. The number of amides is 2. The summed E-state index contributed by atoms with van der Waals surface area (Å²) in [6.45, 7) is 17.1. The van der Waals surface area contributed by atoms with Crippen molar-refractivity contribution in [2.45, 2.75) is 112 Å². The second kappa shape index (κ2) is 28.3. The fourth-order valence-corrected chi connectivity index (χ4v) is 5.11. The van der Waals surface area contributed by atoms with E-state index in [1.165, 1.54) is 57.8 Å². The zero-order chi connectivity index (χ0) is 32.3. The zero-order valence-corrected chi connectivity index (χ0v) is 29.6. The third-order valence-corrected chi connectivity index (χ3v) is 8.44. The first kappa shape index (κ1) is 41.8. The number of likely N-dealkylation sites (N-methyl/N-ethyl adjacent to an activating group) is 2. The first-order valence-corrected chi connectivity index (χ1v) is 17.4. The summed E-state index contributed by atoms with van der Waals surface area (Å²) in [5.74, 6) is 3.13. The molecule has 0 heterocycles. The summed E-state index contributed by atoms with van der Waals surface area (Å²) in [5, 5.41) is 3.02. The second-order valence-electron chi connectivity index (χ2n) is 13.4. The van der Waals surface area contributed by atoms with Gasteiger partial charge in [-0.05, 0) is 37.1 Å². The average molecular weight is 614 g/mol. The van der Waals surface area contributed by atoms with Gasteiger partial charge in [-0.3, -0.25) is 9.59 Å². The third kappa shape index (κ3) is 26.9. The predicted octanol–water partition coefficient (Wildman–Crippen LogP) is 6.42. The molecular weight excluding hydrogens is 542 g/mol. The number of hydrogen-bond donors (Lipinski definition) is 1. The van der Waals surface area contributed by atoms with Crippen LogP contribution in [0.5, 0.6) is 0 Å². The van der Waals surface area contributed by atoms with E-state index in [1.54, 1.807) is 16.8 Å². The highest BCUT2D eigenvalue weighted by Gasteiger charge is 2.15. The molecule has 0 rings (SSSR count). The van der Waals surface area contributed by atoms with E-state index in [4.69, 9.17) is 14.2 Å². The summed E-state index contributed by atoms with van der Waals surface area (Å²) in [6, 6.07) is 0. The summed E-state index contributed by atoms with van der Waals surface area (Å²) in [6.07, 6.45) is 13.5. The van der Waals surface area contributed by atoms with Crippen molar-refractivity contribution in [1.82, 2.24) is 15.1 Å². The summed E-state index contributed by atoms with van der Waals surface area (Å²) in [5.41, 5.74) is 0. The molecule has 0 aliphatic carbocycles. The van der Waals surface area contributed by atoms with Crippen molar-refractivity contribution in [3.8, 4) is 0 Å². The van der Waals surface area contributed by atoms with Gasteiger partial charge in [-0.1, -0.05) is 92.4 Å². The first-order valence-electron chi connectivity index (χ1n) is 17.4. The SMILES string of the molecule is CNCCOCCOCCOCCN(C)C(=O)CCC(=O)N(C)CCC(C)CCCC(C)CCCC(C)CCCC(C)C. The maximum absolute atomic E-state index is 12.6. The topological polar surface area (TPSA) is 80.3 Å². The van der Waals surface area contributed by atoms with Gasteiger partial charge in [-0.15, -0.1) is 0 Å². The molecule has 0 aliphatic rings. The van der Waals surface area contributed by atoms with E-state index in [0.717, 1.165) is 37.3 Å². The summed E-state index contributed by atoms with van der Waals surface area (Å²) >= 11 is 0. The standard InChI is InChI=1S/C35H71N3O5/c1-30(2)12-9-13-31(3)14-10-15-32(4)16-11-17-33(5)20-22-37(7)34(39)18-19-35(40)38(8)23-25-42-27-29-43-28-26-41-24-21-36-6/h30-33,36H,9-29H2,1-8H3. The highest BCUT2D eigenvalue weighted by molar-refractivity contribution is 5.83. The number of carbonyl (C=O) groups is 2. The van der Waals surface area contributed by atoms with Crippen molar-refractivity contribution in [3.63, 3.8) is 0 Å². The second-order valence-corrected chi connectivity index (χ2v) is 13.4. The minimum atomic E-state index is -0.0246. The Bertz CT molecular complexity index is 663. The van der Waals surface area contributed by atoms with Crippen molar-refractivity contribution < 1.29 is 23.8 Å².